The van der Waals surface area contributed by atoms with Gasteiger partial charge in [0.15, 0.2) is 0 Å². The van der Waals surface area contributed by atoms with Crippen LogP contribution in [0.5, 0.6) is 0 Å². The number of aromatic nitrogens is 2. The first-order valence-electron chi connectivity index (χ1n) is 11.1. The first kappa shape index (κ1) is 20.6. The van der Waals surface area contributed by atoms with Crippen molar-refractivity contribution in [1.82, 2.24) is 20.2 Å². The fourth-order valence-corrected chi connectivity index (χ4v) is 4.08. The molecule has 1 aliphatic carbocycles. The van der Waals surface area contributed by atoms with Crippen LogP contribution in [-0.4, -0.2) is 53.1 Å². The molecule has 1 saturated carbocycles. The number of hydrogen-bond donors (Lipinski definition) is 1. The third-order valence-electron chi connectivity index (χ3n) is 5.89. The summed E-state index contributed by atoms with van der Waals surface area (Å²) >= 11 is 0. The maximum atomic E-state index is 12.4. The van der Waals surface area contributed by atoms with Crippen LogP contribution in [0.15, 0.2) is 24.3 Å². The highest BCUT2D eigenvalue weighted by molar-refractivity contribution is 5.74. The molecule has 2 fully saturated rings. The van der Waals surface area contributed by atoms with Crippen LogP contribution in [0, 0.1) is 13.8 Å². The number of benzene rings is 1. The number of amides is 2. The van der Waals surface area contributed by atoms with Crippen molar-refractivity contribution in [2.45, 2.75) is 58.9 Å². The summed E-state index contributed by atoms with van der Waals surface area (Å²) < 4.78 is 0. The molecule has 2 heterocycles. The molecule has 0 unspecified atom stereocenters. The number of carbonyl (C=O) groups is 1. The summed E-state index contributed by atoms with van der Waals surface area (Å²) in [6, 6.07) is 8.85. The van der Waals surface area contributed by atoms with E-state index < -0.39 is 0 Å². The predicted molar refractivity (Wildman–Crippen MR) is 120 cm³/mol. The molecule has 1 saturated heterocycles. The summed E-state index contributed by atoms with van der Waals surface area (Å²) in [7, 11) is 0. The number of nitrogens with zero attached hydrogens (tertiary/aromatic N) is 4. The monoisotopic (exact) mass is 407 g/mol. The normalized spacial score (nSPS) is 16.8. The van der Waals surface area contributed by atoms with E-state index in [0.717, 1.165) is 36.8 Å². The molecule has 30 heavy (non-hydrogen) atoms. The number of aryl methyl sites for hydroxylation is 2. The molecule has 1 aromatic carbocycles. The van der Waals surface area contributed by atoms with Crippen LogP contribution in [0.3, 0.4) is 0 Å². The van der Waals surface area contributed by atoms with Gasteiger partial charge in [0.1, 0.15) is 11.6 Å². The molecule has 160 valence electrons. The van der Waals surface area contributed by atoms with Crippen LogP contribution in [0.1, 0.15) is 60.8 Å². The molecule has 2 aromatic rings. The Morgan fingerprint density at radius 1 is 1.13 bits per heavy atom. The van der Waals surface area contributed by atoms with Crippen molar-refractivity contribution in [3.05, 3.63) is 52.5 Å². The summed E-state index contributed by atoms with van der Waals surface area (Å²) in [4.78, 5) is 26.6. The highest BCUT2D eigenvalue weighted by Crippen LogP contribution is 2.39. The smallest absolute Gasteiger partial charge is 0.317 e. The van der Waals surface area contributed by atoms with Gasteiger partial charge >= 0.3 is 6.03 Å². The lowest BCUT2D eigenvalue weighted by Gasteiger charge is -2.37. The summed E-state index contributed by atoms with van der Waals surface area (Å²) in [5.41, 5.74) is 4.86. The van der Waals surface area contributed by atoms with Gasteiger partial charge in [0.05, 0.1) is 0 Å². The average Bonchev–Trinajstić information content (AvgIpc) is 3.54. The number of piperazine rings is 1. The maximum Gasteiger partial charge on any atom is 0.317 e. The Morgan fingerprint density at radius 3 is 2.50 bits per heavy atom. The van der Waals surface area contributed by atoms with Crippen LogP contribution in [0.25, 0.3) is 0 Å². The van der Waals surface area contributed by atoms with Crippen LogP contribution < -0.4 is 10.2 Å². The van der Waals surface area contributed by atoms with E-state index in [2.05, 4.69) is 48.3 Å². The van der Waals surface area contributed by atoms with Gasteiger partial charge in [0.25, 0.3) is 0 Å². The van der Waals surface area contributed by atoms with Crippen LogP contribution in [-0.2, 0) is 6.42 Å². The van der Waals surface area contributed by atoms with E-state index in [1.165, 1.54) is 29.5 Å². The van der Waals surface area contributed by atoms with Crippen molar-refractivity contribution in [3.8, 4) is 0 Å². The molecule has 0 bridgehead atoms. The Bertz CT molecular complexity index is 914. The second-order valence-corrected chi connectivity index (χ2v) is 8.99. The van der Waals surface area contributed by atoms with Gasteiger partial charge in [-0.25, -0.2) is 14.8 Å². The number of rotatable bonds is 5. The van der Waals surface area contributed by atoms with Crippen molar-refractivity contribution >= 4 is 11.8 Å². The lowest BCUT2D eigenvalue weighted by molar-refractivity contribution is 0.191. The number of carbonyl (C=O) groups excluding carboxylic acids is 1. The first-order valence-corrected chi connectivity index (χ1v) is 11.1. The second-order valence-electron chi connectivity index (χ2n) is 8.99. The van der Waals surface area contributed by atoms with E-state index in [0.29, 0.717) is 19.0 Å². The molecular weight excluding hydrogens is 374 g/mol. The van der Waals surface area contributed by atoms with Crippen LogP contribution in [0.4, 0.5) is 10.6 Å². The molecule has 0 spiro atoms. The molecule has 1 N–H and O–H groups in total. The quantitative estimate of drug-likeness (QED) is 0.819. The lowest BCUT2D eigenvalue weighted by atomic mass is 10.0. The van der Waals surface area contributed by atoms with Crippen molar-refractivity contribution < 1.29 is 4.79 Å². The van der Waals surface area contributed by atoms with Gasteiger partial charge in [-0.2, -0.15) is 0 Å². The molecule has 2 amide bonds. The summed E-state index contributed by atoms with van der Waals surface area (Å²) in [5, 5.41) is 3.00. The van der Waals surface area contributed by atoms with Gasteiger partial charge in [-0.15, -0.1) is 0 Å². The third kappa shape index (κ3) is 4.74. The lowest BCUT2D eigenvalue weighted by Crippen LogP contribution is -2.53. The highest BCUT2D eigenvalue weighted by atomic mass is 16.2. The van der Waals surface area contributed by atoms with E-state index in [-0.39, 0.29) is 12.1 Å². The van der Waals surface area contributed by atoms with Gasteiger partial charge in [-0.3, -0.25) is 0 Å². The average molecular weight is 408 g/mol. The van der Waals surface area contributed by atoms with E-state index in [1.807, 2.05) is 18.7 Å². The topological polar surface area (TPSA) is 61.4 Å². The van der Waals surface area contributed by atoms with Crippen molar-refractivity contribution in [1.29, 1.82) is 0 Å². The van der Waals surface area contributed by atoms with Gasteiger partial charge in [-0.1, -0.05) is 29.8 Å². The molecule has 0 atom stereocenters. The van der Waals surface area contributed by atoms with E-state index in [9.17, 15) is 4.79 Å². The Kier molecular flexibility index (Phi) is 5.93. The molecular formula is C24H33N5O. The minimum atomic E-state index is 0.0298. The number of urea groups is 1. The molecule has 1 aliphatic heterocycles. The largest absolute Gasteiger partial charge is 0.353 e. The SMILES string of the molecule is Cc1cccc(Cc2c(C)nc(C3CC3)nc2N2CCN(C(=O)NC(C)C)CC2)c1. The zero-order valence-electron chi connectivity index (χ0n) is 18.6. The Hall–Kier alpha value is -2.63. The fraction of sp³-hybridized carbons (Fsp3) is 0.542. The highest BCUT2D eigenvalue weighted by Gasteiger charge is 2.30. The van der Waals surface area contributed by atoms with Gasteiger partial charge in [0, 0.05) is 55.8 Å². The molecule has 6 heteroatoms. The van der Waals surface area contributed by atoms with Gasteiger partial charge in [0.2, 0.25) is 0 Å². The van der Waals surface area contributed by atoms with E-state index in [4.69, 9.17) is 9.97 Å². The van der Waals surface area contributed by atoms with Crippen molar-refractivity contribution in [2.24, 2.45) is 0 Å². The van der Waals surface area contributed by atoms with Crippen molar-refractivity contribution in [2.75, 3.05) is 31.1 Å². The number of anilines is 1. The minimum Gasteiger partial charge on any atom is -0.353 e. The van der Waals surface area contributed by atoms with Gasteiger partial charge < -0.3 is 15.1 Å². The third-order valence-corrected chi connectivity index (χ3v) is 5.89. The zero-order chi connectivity index (χ0) is 21.3. The Balaban J connectivity index is 1.57. The number of hydrogen-bond acceptors (Lipinski definition) is 4. The second kappa shape index (κ2) is 8.62. The van der Waals surface area contributed by atoms with Crippen molar-refractivity contribution in [3.63, 3.8) is 0 Å². The van der Waals surface area contributed by atoms with E-state index in [1.54, 1.807) is 0 Å². The summed E-state index contributed by atoms with van der Waals surface area (Å²) in [6.07, 6.45) is 3.22. The predicted octanol–water partition coefficient (Wildman–Crippen LogP) is 3.80. The zero-order valence-corrected chi connectivity index (χ0v) is 18.6. The van der Waals surface area contributed by atoms with Crippen LogP contribution in [0.2, 0.25) is 0 Å². The maximum absolute atomic E-state index is 12.4. The molecule has 4 rings (SSSR count). The number of nitrogens with one attached hydrogen (secondary N) is 1. The minimum absolute atomic E-state index is 0.0298. The Morgan fingerprint density at radius 2 is 1.87 bits per heavy atom. The van der Waals surface area contributed by atoms with Gasteiger partial charge in [-0.05, 0) is 46.1 Å². The molecule has 6 nitrogen and oxygen atoms in total. The summed E-state index contributed by atoms with van der Waals surface area (Å²) in [5.74, 6) is 2.58. The molecule has 1 aromatic heterocycles. The fourth-order valence-electron chi connectivity index (χ4n) is 4.08. The van der Waals surface area contributed by atoms with Crippen LogP contribution >= 0.6 is 0 Å². The molecule has 2 aliphatic rings. The molecule has 0 radical (unpaired) electrons. The standard InChI is InChI=1S/C24H33N5O/c1-16(2)25-24(30)29-12-10-28(11-13-29)23-21(15-19-7-5-6-17(3)14-19)18(4)26-22(27-23)20-8-9-20/h5-7,14,16,20H,8-13,15H2,1-4H3,(H,25,30). The first-order chi connectivity index (χ1) is 14.4. The Labute approximate surface area is 179 Å². The summed E-state index contributed by atoms with van der Waals surface area (Å²) in [6.45, 7) is 11.3. The van der Waals surface area contributed by atoms with E-state index >= 15 is 0 Å².